The number of nitrogens with two attached hydrogens (primary N) is 1. The Kier molecular flexibility index (Phi) is 4.82. The van der Waals surface area contributed by atoms with Crippen molar-refractivity contribution >= 4 is 11.6 Å². The maximum atomic E-state index is 13.9. The first-order valence-corrected chi connectivity index (χ1v) is 7.28. The van der Waals surface area contributed by atoms with Crippen LogP contribution < -0.4 is 5.73 Å². The first-order chi connectivity index (χ1) is 9.02. The van der Waals surface area contributed by atoms with Crippen LogP contribution >= 0.6 is 11.6 Å². The molecule has 4 heteroatoms. The maximum absolute atomic E-state index is 13.9. The molecule has 106 valence electrons. The first-order valence-electron chi connectivity index (χ1n) is 6.90. The van der Waals surface area contributed by atoms with Crippen LogP contribution in [0.1, 0.15) is 49.3 Å². The third-order valence-corrected chi connectivity index (χ3v) is 4.66. The van der Waals surface area contributed by atoms with Gasteiger partial charge in [-0.3, -0.25) is 0 Å². The van der Waals surface area contributed by atoms with Crippen molar-refractivity contribution < 1.29 is 9.50 Å². The number of rotatable bonds is 3. The molecule has 1 aliphatic rings. The Morgan fingerprint density at radius 1 is 1.32 bits per heavy atom. The molecule has 0 amide bonds. The molecule has 2 atom stereocenters. The van der Waals surface area contributed by atoms with Crippen molar-refractivity contribution in [3.05, 3.63) is 34.1 Å². The molecule has 0 spiro atoms. The lowest BCUT2D eigenvalue weighted by molar-refractivity contribution is 0.0608. The Labute approximate surface area is 118 Å². The summed E-state index contributed by atoms with van der Waals surface area (Å²) in [6.07, 6.45) is 4.61. The van der Waals surface area contributed by atoms with Gasteiger partial charge in [0, 0.05) is 5.56 Å². The van der Waals surface area contributed by atoms with E-state index in [0.717, 1.165) is 31.2 Å². The van der Waals surface area contributed by atoms with Gasteiger partial charge in [-0.15, -0.1) is 0 Å². The minimum absolute atomic E-state index is 0.153. The molecular formula is C15H21ClFNO. The SMILES string of the molecule is Cc1ccc(F)c([C@H](N)[C@H](O)C2CCCCC2)c1Cl. The molecule has 0 radical (unpaired) electrons. The fourth-order valence-electron chi connectivity index (χ4n) is 2.92. The number of benzene rings is 1. The molecule has 0 bridgehead atoms. The summed E-state index contributed by atoms with van der Waals surface area (Å²) in [5.41, 5.74) is 7.10. The summed E-state index contributed by atoms with van der Waals surface area (Å²) in [5, 5.41) is 10.7. The van der Waals surface area contributed by atoms with Crippen molar-refractivity contribution in [2.75, 3.05) is 0 Å². The second-order valence-electron chi connectivity index (χ2n) is 5.51. The standard InChI is InChI=1S/C15H21ClFNO/c1-9-7-8-11(17)12(13(9)16)14(18)15(19)10-5-3-2-4-6-10/h7-8,10,14-15,19H,2-6,18H2,1H3/t14-,15+/m0/s1. The lowest BCUT2D eigenvalue weighted by atomic mass is 9.81. The number of aliphatic hydroxyl groups excluding tert-OH is 1. The van der Waals surface area contributed by atoms with Crippen molar-refractivity contribution in [3.63, 3.8) is 0 Å². The third-order valence-electron chi connectivity index (χ3n) is 4.15. The highest BCUT2D eigenvalue weighted by molar-refractivity contribution is 6.32. The summed E-state index contributed by atoms with van der Waals surface area (Å²) in [5.74, 6) is -0.280. The Morgan fingerprint density at radius 3 is 2.58 bits per heavy atom. The highest BCUT2D eigenvalue weighted by Crippen LogP contribution is 2.35. The Balaban J connectivity index is 2.23. The van der Waals surface area contributed by atoms with Crippen molar-refractivity contribution in [1.29, 1.82) is 0 Å². The predicted octanol–water partition coefficient (Wildman–Crippen LogP) is 3.73. The lowest BCUT2D eigenvalue weighted by Crippen LogP contribution is -2.35. The van der Waals surface area contributed by atoms with Crippen LogP contribution in [0.5, 0.6) is 0 Å². The van der Waals surface area contributed by atoms with E-state index in [1.165, 1.54) is 12.5 Å². The Bertz CT molecular complexity index is 446. The van der Waals surface area contributed by atoms with E-state index in [4.69, 9.17) is 17.3 Å². The van der Waals surface area contributed by atoms with E-state index in [-0.39, 0.29) is 11.5 Å². The monoisotopic (exact) mass is 285 g/mol. The van der Waals surface area contributed by atoms with Crippen LogP contribution in [0.25, 0.3) is 0 Å². The van der Waals surface area contributed by atoms with Gasteiger partial charge in [0.2, 0.25) is 0 Å². The Hall–Kier alpha value is -0.640. The molecule has 0 aromatic heterocycles. The molecule has 0 heterocycles. The molecule has 1 fully saturated rings. The summed E-state index contributed by atoms with van der Waals surface area (Å²) in [4.78, 5) is 0. The van der Waals surface area contributed by atoms with Crippen LogP contribution in [0.3, 0.4) is 0 Å². The van der Waals surface area contributed by atoms with Gasteiger partial charge in [-0.05, 0) is 37.3 Å². The number of aryl methyl sites for hydroxylation is 1. The van der Waals surface area contributed by atoms with Crippen LogP contribution in [0.2, 0.25) is 5.02 Å². The summed E-state index contributed by atoms with van der Waals surface area (Å²) in [7, 11) is 0. The normalized spacial score (nSPS) is 20.3. The fourth-order valence-corrected chi connectivity index (χ4v) is 3.20. The van der Waals surface area contributed by atoms with Crippen molar-refractivity contribution in [3.8, 4) is 0 Å². The van der Waals surface area contributed by atoms with Crippen LogP contribution in [0.4, 0.5) is 4.39 Å². The molecule has 19 heavy (non-hydrogen) atoms. The van der Waals surface area contributed by atoms with E-state index in [1.807, 2.05) is 6.92 Å². The molecule has 1 aliphatic carbocycles. The minimum atomic E-state index is -0.754. The van der Waals surface area contributed by atoms with E-state index in [9.17, 15) is 9.50 Å². The predicted molar refractivity (Wildman–Crippen MR) is 75.7 cm³/mol. The molecule has 0 saturated heterocycles. The molecule has 1 aromatic carbocycles. The number of halogens is 2. The van der Waals surface area contributed by atoms with Crippen molar-refractivity contribution in [2.24, 2.45) is 11.7 Å². The molecule has 1 aromatic rings. The first kappa shape index (κ1) is 14.8. The average Bonchev–Trinajstić information content (AvgIpc) is 2.43. The zero-order valence-electron chi connectivity index (χ0n) is 11.2. The van der Waals surface area contributed by atoms with Crippen LogP contribution in [0.15, 0.2) is 12.1 Å². The minimum Gasteiger partial charge on any atom is -0.391 e. The van der Waals surface area contributed by atoms with E-state index >= 15 is 0 Å². The van der Waals surface area contributed by atoms with Gasteiger partial charge in [0.25, 0.3) is 0 Å². The van der Waals surface area contributed by atoms with E-state index in [1.54, 1.807) is 6.07 Å². The van der Waals surface area contributed by atoms with Gasteiger partial charge in [-0.1, -0.05) is 36.9 Å². The topological polar surface area (TPSA) is 46.2 Å². The summed E-state index contributed by atoms with van der Waals surface area (Å²) in [6.45, 7) is 1.81. The van der Waals surface area contributed by atoms with Gasteiger partial charge in [0.05, 0.1) is 17.2 Å². The highest BCUT2D eigenvalue weighted by Gasteiger charge is 2.30. The number of hydrogen-bond acceptors (Lipinski definition) is 2. The van der Waals surface area contributed by atoms with Crippen molar-refractivity contribution in [2.45, 2.75) is 51.2 Å². The van der Waals surface area contributed by atoms with Gasteiger partial charge in [-0.25, -0.2) is 4.39 Å². The molecular weight excluding hydrogens is 265 g/mol. The third kappa shape index (κ3) is 3.10. The second-order valence-corrected chi connectivity index (χ2v) is 5.88. The largest absolute Gasteiger partial charge is 0.391 e. The quantitative estimate of drug-likeness (QED) is 0.889. The summed E-state index contributed by atoms with van der Waals surface area (Å²) >= 11 is 6.15. The van der Waals surface area contributed by atoms with Gasteiger partial charge < -0.3 is 10.8 Å². The Morgan fingerprint density at radius 2 is 1.95 bits per heavy atom. The van der Waals surface area contributed by atoms with Gasteiger partial charge in [0.15, 0.2) is 0 Å². The zero-order chi connectivity index (χ0) is 14.0. The lowest BCUT2D eigenvalue weighted by Gasteiger charge is -2.31. The van der Waals surface area contributed by atoms with Crippen molar-refractivity contribution in [1.82, 2.24) is 0 Å². The number of hydrogen-bond donors (Lipinski definition) is 2. The summed E-state index contributed by atoms with van der Waals surface area (Å²) in [6, 6.07) is 2.24. The van der Waals surface area contributed by atoms with Crippen LogP contribution in [-0.4, -0.2) is 11.2 Å². The fraction of sp³-hybridized carbons (Fsp3) is 0.600. The highest BCUT2D eigenvalue weighted by atomic mass is 35.5. The molecule has 3 N–H and O–H groups in total. The van der Waals surface area contributed by atoms with Crippen LogP contribution in [-0.2, 0) is 0 Å². The van der Waals surface area contributed by atoms with Gasteiger partial charge in [-0.2, -0.15) is 0 Å². The van der Waals surface area contributed by atoms with Crippen LogP contribution in [0, 0.1) is 18.7 Å². The van der Waals surface area contributed by atoms with E-state index in [0.29, 0.717) is 5.02 Å². The summed E-state index contributed by atoms with van der Waals surface area (Å²) < 4.78 is 13.9. The molecule has 2 nitrogen and oxygen atoms in total. The maximum Gasteiger partial charge on any atom is 0.129 e. The van der Waals surface area contributed by atoms with Gasteiger partial charge in [0.1, 0.15) is 5.82 Å². The number of aliphatic hydroxyl groups is 1. The molecule has 1 saturated carbocycles. The van der Waals surface area contributed by atoms with E-state index < -0.39 is 18.0 Å². The smallest absolute Gasteiger partial charge is 0.129 e. The second kappa shape index (κ2) is 6.21. The average molecular weight is 286 g/mol. The molecule has 0 unspecified atom stereocenters. The molecule has 0 aliphatic heterocycles. The zero-order valence-corrected chi connectivity index (χ0v) is 12.0. The van der Waals surface area contributed by atoms with E-state index in [2.05, 4.69) is 0 Å². The van der Waals surface area contributed by atoms with Gasteiger partial charge >= 0.3 is 0 Å². The molecule has 2 rings (SSSR count).